The third kappa shape index (κ3) is 2.55. The van der Waals surface area contributed by atoms with E-state index in [2.05, 4.69) is 23.2 Å². The van der Waals surface area contributed by atoms with Crippen LogP contribution in [-0.4, -0.2) is 12.3 Å². The van der Waals surface area contributed by atoms with Crippen molar-refractivity contribution in [3.63, 3.8) is 0 Å². The second kappa shape index (κ2) is 5.63. The average molecular weight is 252 g/mol. The van der Waals surface area contributed by atoms with Crippen LogP contribution >= 0.6 is 23.4 Å². The zero-order valence-corrected chi connectivity index (χ0v) is 10.8. The van der Waals surface area contributed by atoms with Gasteiger partial charge in [0.2, 0.25) is 0 Å². The van der Waals surface area contributed by atoms with E-state index in [-0.39, 0.29) is 0 Å². The summed E-state index contributed by atoms with van der Waals surface area (Å²) in [5.74, 6) is 7.06. The highest BCUT2D eigenvalue weighted by atomic mass is 35.5. The van der Waals surface area contributed by atoms with Crippen LogP contribution in [0.25, 0.3) is 0 Å². The highest BCUT2D eigenvalue weighted by Gasteiger charge is 2.21. The molecular weight excluding hydrogens is 238 g/mol. The Morgan fingerprint density at radius 1 is 1.56 bits per heavy atom. The maximum absolute atomic E-state index is 6.19. The second-order valence-corrected chi connectivity index (χ2v) is 5.17. The Morgan fingerprint density at radius 2 is 2.44 bits per heavy atom. The molecule has 0 spiro atoms. The van der Waals surface area contributed by atoms with Crippen molar-refractivity contribution in [2.24, 2.45) is 0 Å². The Hall–Kier alpha value is -0.620. The summed E-state index contributed by atoms with van der Waals surface area (Å²) < 4.78 is 0. The van der Waals surface area contributed by atoms with Crippen LogP contribution < -0.4 is 5.32 Å². The van der Waals surface area contributed by atoms with Crippen molar-refractivity contribution in [3.05, 3.63) is 28.8 Å². The Labute approximate surface area is 106 Å². The summed E-state index contributed by atoms with van der Waals surface area (Å²) in [7, 11) is 0. The highest BCUT2D eigenvalue weighted by Crippen LogP contribution is 2.40. The fraction of sp³-hybridized carbons (Fsp3) is 0.385. The minimum Gasteiger partial charge on any atom is -0.299 e. The Kier molecular flexibility index (Phi) is 4.17. The first-order valence-electron chi connectivity index (χ1n) is 5.37. The lowest BCUT2D eigenvalue weighted by atomic mass is 10.0. The number of hydrogen-bond donors (Lipinski definition) is 1. The summed E-state index contributed by atoms with van der Waals surface area (Å²) in [4.78, 5) is 1.23. The first kappa shape index (κ1) is 11.9. The standard InChI is InChI=1S/C13H14ClNS/c1-2-3-8-15-12-7-9-16-13-10(12)5-4-6-11(13)14/h4-6,12,15H,7-9H2,1H3. The van der Waals surface area contributed by atoms with Crippen LogP contribution in [0, 0.1) is 11.8 Å². The number of rotatable bonds is 2. The lowest BCUT2D eigenvalue weighted by Gasteiger charge is -2.26. The molecule has 1 aliphatic heterocycles. The van der Waals surface area contributed by atoms with Gasteiger partial charge in [-0.1, -0.05) is 29.7 Å². The van der Waals surface area contributed by atoms with Gasteiger partial charge in [0, 0.05) is 10.9 Å². The van der Waals surface area contributed by atoms with Gasteiger partial charge in [0.15, 0.2) is 0 Å². The van der Waals surface area contributed by atoms with E-state index in [1.165, 1.54) is 10.5 Å². The van der Waals surface area contributed by atoms with E-state index in [1.807, 2.05) is 30.8 Å². The zero-order valence-electron chi connectivity index (χ0n) is 9.22. The van der Waals surface area contributed by atoms with Gasteiger partial charge in [-0.15, -0.1) is 17.7 Å². The Balaban J connectivity index is 2.18. The van der Waals surface area contributed by atoms with Crippen molar-refractivity contribution in [2.45, 2.75) is 24.3 Å². The lowest BCUT2D eigenvalue weighted by molar-refractivity contribution is 0.545. The molecule has 1 atom stereocenters. The molecule has 84 valence electrons. The molecule has 0 bridgehead atoms. The topological polar surface area (TPSA) is 12.0 Å². The smallest absolute Gasteiger partial charge is 0.0581 e. The number of nitrogens with one attached hydrogen (secondary N) is 1. The van der Waals surface area contributed by atoms with Gasteiger partial charge in [-0.2, -0.15) is 0 Å². The molecular formula is C13H14ClNS. The molecule has 1 aromatic rings. The molecule has 1 nitrogen and oxygen atoms in total. The predicted octanol–water partition coefficient (Wildman–Crippen LogP) is 3.49. The summed E-state index contributed by atoms with van der Waals surface area (Å²) >= 11 is 8.04. The molecule has 0 aliphatic carbocycles. The Bertz CT molecular complexity index is 433. The fourth-order valence-electron chi connectivity index (χ4n) is 1.86. The normalized spacial score (nSPS) is 18.5. The van der Waals surface area contributed by atoms with Crippen LogP contribution in [0.4, 0.5) is 0 Å². The van der Waals surface area contributed by atoms with Crippen LogP contribution in [0.1, 0.15) is 24.9 Å². The van der Waals surface area contributed by atoms with Crippen molar-refractivity contribution in [1.82, 2.24) is 5.32 Å². The molecule has 16 heavy (non-hydrogen) atoms. The van der Waals surface area contributed by atoms with Gasteiger partial charge < -0.3 is 0 Å². The molecule has 0 amide bonds. The van der Waals surface area contributed by atoms with Crippen molar-refractivity contribution in [2.75, 3.05) is 12.3 Å². The molecule has 1 unspecified atom stereocenters. The van der Waals surface area contributed by atoms with Crippen molar-refractivity contribution < 1.29 is 0 Å². The molecule has 0 saturated carbocycles. The van der Waals surface area contributed by atoms with Crippen molar-refractivity contribution in [3.8, 4) is 11.8 Å². The third-order valence-electron chi connectivity index (χ3n) is 2.64. The Morgan fingerprint density at radius 3 is 3.25 bits per heavy atom. The van der Waals surface area contributed by atoms with Gasteiger partial charge >= 0.3 is 0 Å². The van der Waals surface area contributed by atoms with E-state index in [4.69, 9.17) is 11.6 Å². The molecule has 2 rings (SSSR count). The van der Waals surface area contributed by atoms with Gasteiger partial charge in [0.25, 0.3) is 0 Å². The molecule has 0 fully saturated rings. The van der Waals surface area contributed by atoms with Gasteiger partial charge in [0.1, 0.15) is 0 Å². The minimum absolute atomic E-state index is 0.399. The van der Waals surface area contributed by atoms with E-state index in [0.29, 0.717) is 6.04 Å². The van der Waals surface area contributed by atoms with Crippen LogP contribution in [-0.2, 0) is 0 Å². The van der Waals surface area contributed by atoms with Crippen LogP contribution in [0.15, 0.2) is 23.1 Å². The number of benzene rings is 1. The summed E-state index contributed by atoms with van der Waals surface area (Å²) in [5.41, 5.74) is 1.32. The van der Waals surface area contributed by atoms with Gasteiger partial charge in [-0.05, 0) is 30.7 Å². The molecule has 1 heterocycles. The van der Waals surface area contributed by atoms with Gasteiger partial charge in [0.05, 0.1) is 11.6 Å². The highest BCUT2D eigenvalue weighted by molar-refractivity contribution is 7.99. The van der Waals surface area contributed by atoms with Crippen LogP contribution in [0.2, 0.25) is 5.02 Å². The maximum atomic E-state index is 6.19. The summed E-state index contributed by atoms with van der Waals surface area (Å²) in [5, 5.41) is 4.33. The summed E-state index contributed by atoms with van der Waals surface area (Å²) in [6, 6.07) is 6.54. The monoisotopic (exact) mass is 251 g/mol. The fourth-order valence-corrected chi connectivity index (χ4v) is 3.35. The van der Waals surface area contributed by atoms with E-state index >= 15 is 0 Å². The number of hydrogen-bond acceptors (Lipinski definition) is 2. The zero-order chi connectivity index (χ0) is 11.4. The maximum Gasteiger partial charge on any atom is 0.0581 e. The molecule has 0 aromatic heterocycles. The molecule has 3 heteroatoms. The molecule has 1 aromatic carbocycles. The summed E-state index contributed by atoms with van der Waals surface area (Å²) in [6.45, 7) is 2.61. The van der Waals surface area contributed by atoms with E-state index in [9.17, 15) is 0 Å². The molecule has 1 aliphatic rings. The number of thioether (sulfide) groups is 1. The quantitative estimate of drug-likeness (QED) is 0.808. The molecule has 0 radical (unpaired) electrons. The third-order valence-corrected chi connectivity index (χ3v) is 4.25. The van der Waals surface area contributed by atoms with E-state index in [1.54, 1.807) is 0 Å². The minimum atomic E-state index is 0.399. The SMILES string of the molecule is CC#CCNC1CCSc2c(Cl)cccc21. The van der Waals surface area contributed by atoms with Crippen LogP contribution in [0.5, 0.6) is 0 Å². The summed E-state index contributed by atoms with van der Waals surface area (Å²) in [6.07, 6.45) is 1.14. The van der Waals surface area contributed by atoms with Gasteiger partial charge in [-0.25, -0.2) is 0 Å². The number of fused-ring (bicyclic) bond motifs is 1. The molecule has 1 N–H and O–H groups in total. The van der Waals surface area contributed by atoms with Gasteiger partial charge in [-0.3, -0.25) is 5.32 Å². The van der Waals surface area contributed by atoms with E-state index < -0.39 is 0 Å². The van der Waals surface area contributed by atoms with Crippen molar-refractivity contribution in [1.29, 1.82) is 0 Å². The lowest BCUT2D eigenvalue weighted by Crippen LogP contribution is -2.24. The van der Waals surface area contributed by atoms with E-state index in [0.717, 1.165) is 23.7 Å². The first-order valence-corrected chi connectivity index (χ1v) is 6.73. The largest absolute Gasteiger partial charge is 0.299 e. The second-order valence-electron chi connectivity index (χ2n) is 3.66. The first-order chi connectivity index (χ1) is 7.83. The number of halogens is 1. The van der Waals surface area contributed by atoms with Crippen LogP contribution in [0.3, 0.4) is 0 Å². The average Bonchev–Trinajstić information content (AvgIpc) is 2.31. The molecule has 0 saturated heterocycles. The van der Waals surface area contributed by atoms with Crippen molar-refractivity contribution >= 4 is 23.4 Å². The predicted molar refractivity (Wildman–Crippen MR) is 71.0 cm³/mol.